The second-order valence-electron chi connectivity index (χ2n) is 6.39. The minimum Gasteiger partial charge on any atom is -0.372 e. The zero-order valence-corrected chi connectivity index (χ0v) is 12.6. The van der Waals surface area contributed by atoms with Gasteiger partial charge in [0.1, 0.15) is 0 Å². The molecule has 3 N–H and O–H groups in total. The summed E-state index contributed by atoms with van der Waals surface area (Å²) < 4.78 is 0. The van der Waals surface area contributed by atoms with Crippen molar-refractivity contribution >= 4 is 17.3 Å². The van der Waals surface area contributed by atoms with E-state index in [9.17, 15) is 4.79 Å². The number of hydrogen-bond donors (Lipinski definition) is 2. The van der Waals surface area contributed by atoms with E-state index in [2.05, 4.69) is 29.3 Å². The summed E-state index contributed by atoms with van der Waals surface area (Å²) in [4.78, 5) is 14.2. The van der Waals surface area contributed by atoms with Crippen LogP contribution in [-0.4, -0.2) is 24.5 Å². The molecule has 4 nitrogen and oxygen atoms in total. The topological polar surface area (TPSA) is 58.4 Å². The van der Waals surface area contributed by atoms with Crippen molar-refractivity contribution in [2.75, 3.05) is 23.3 Å². The second-order valence-corrected chi connectivity index (χ2v) is 6.39. The van der Waals surface area contributed by atoms with Crippen LogP contribution in [0, 0.1) is 5.92 Å². The third-order valence-corrected chi connectivity index (χ3v) is 3.86. The summed E-state index contributed by atoms with van der Waals surface area (Å²) in [6, 6.07) is 8.01. The van der Waals surface area contributed by atoms with Gasteiger partial charge in [-0.1, -0.05) is 6.92 Å². The van der Waals surface area contributed by atoms with E-state index < -0.39 is 5.54 Å². The number of nitrogens with two attached hydrogens (primary N) is 1. The van der Waals surface area contributed by atoms with Crippen LogP contribution in [0.3, 0.4) is 0 Å². The standard InChI is InChI=1S/C16H25N3O/c1-12-8-10-19(11-9-12)14-6-4-13(5-7-14)18-15(20)16(2,3)17/h4-7,12H,8-11,17H2,1-3H3,(H,18,20). The van der Waals surface area contributed by atoms with Crippen molar-refractivity contribution < 1.29 is 4.79 Å². The van der Waals surface area contributed by atoms with E-state index in [1.54, 1.807) is 13.8 Å². The van der Waals surface area contributed by atoms with Crippen molar-refractivity contribution in [3.05, 3.63) is 24.3 Å². The highest BCUT2D eigenvalue weighted by molar-refractivity contribution is 5.97. The van der Waals surface area contributed by atoms with Gasteiger partial charge in [0.05, 0.1) is 5.54 Å². The van der Waals surface area contributed by atoms with E-state index in [0.29, 0.717) is 0 Å². The van der Waals surface area contributed by atoms with Gasteiger partial charge in [-0.25, -0.2) is 0 Å². The Morgan fingerprint density at radius 1 is 1.25 bits per heavy atom. The first-order chi connectivity index (χ1) is 9.36. The lowest BCUT2D eigenvalue weighted by Crippen LogP contribution is -2.45. The number of anilines is 2. The summed E-state index contributed by atoms with van der Waals surface area (Å²) in [5.41, 5.74) is 6.93. The maximum Gasteiger partial charge on any atom is 0.243 e. The summed E-state index contributed by atoms with van der Waals surface area (Å²) in [6.45, 7) is 7.94. The predicted molar refractivity (Wildman–Crippen MR) is 83.9 cm³/mol. The molecule has 1 fully saturated rings. The first-order valence-electron chi connectivity index (χ1n) is 7.31. The molecule has 20 heavy (non-hydrogen) atoms. The summed E-state index contributed by atoms with van der Waals surface area (Å²) in [5.74, 6) is 0.661. The van der Waals surface area contributed by atoms with Crippen LogP contribution in [-0.2, 0) is 4.79 Å². The molecule has 2 rings (SSSR count). The molecule has 4 heteroatoms. The first kappa shape index (κ1) is 14.9. The van der Waals surface area contributed by atoms with Gasteiger partial charge in [-0.2, -0.15) is 0 Å². The number of carbonyl (C=O) groups excluding carboxylic acids is 1. The highest BCUT2D eigenvalue weighted by Crippen LogP contribution is 2.24. The van der Waals surface area contributed by atoms with E-state index in [1.165, 1.54) is 18.5 Å². The Labute approximate surface area is 121 Å². The monoisotopic (exact) mass is 275 g/mol. The lowest BCUT2D eigenvalue weighted by atomic mass is 9.99. The summed E-state index contributed by atoms with van der Waals surface area (Å²) in [7, 11) is 0. The molecule has 110 valence electrons. The van der Waals surface area contributed by atoms with Crippen LogP contribution in [0.4, 0.5) is 11.4 Å². The van der Waals surface area contributed by atoms with Gasteiger partial charge in [0.2, 0.25) is 5.91 Å². The largest absolute Gasteiger partial charge is 0.372 e. The molecule has 1 aromatic carbocycles. The molecule has 0 radical (unpaired) electrons. The van der Waals surface area contributed by atoms with Crippen LogP contribution in [0.5, 0.6) is 0 Å². The molecular formula is C16H25N3O. The van der Waals surface area contributed by atoms with E-state index in [4.69, 9.17) is 5.73 Å². The first-order valence-corrected chi connectivity index (χ1v) is 7.31. The van der Waals surface area contributed by atoms with Crippen molar-refractivity contribution in [3.63, 3.8) is 0 Å². The molecule has 1 heterocycles. The number of benzene rings is 1. The Balaban J connectivity index is 1.98. The molecule has 0 bridgehead atoms. The average molecular weight is 275 g/mol. The molecular weight excluding hydrogens is 250 g/mol. The minimum atomic E-state index is -0.859. The van der Waals surface area contributed by atoms with Crippen molar-refractivity contribution in [2.24, 2.45) is 11.7 Å². The lowest BCUT2D eigenvalue weighted by molar-refractivity contribution is -0.120. The van der Waals surface area contributed by atoms with Gasteiger partial charge >= 0.3 is 0 Å². The van der Waals surface area contributed by atoms with Gasteiger partial charge in [-0.15, -0.1) is 0 Å². The number of carbonyl (C=O) groups is 1. The third-order valence-electron chi connectivity index (χ3n) is 3.86. The lowest BCUT2D eigenvalue weighted by Gasteiger charge is -2.32. The van der Waals surface area contributed by atoms with Crippen LogP contribution in [0.1, 0.15) is 33.6 Å². The zero-order valence-electron chi connectivity index (χ0n) is 12.6. The Bertz CT molecular complexity index is 454. The van der Waals surface area contributed by atoms with E-state index in [-0.39, 0.29) is 5.91 Å². The summed E-state index contributed by atoms with van der Waals surface area (Å²) in [6.07, 6.45) is 2.50. The summed E-state index contributed by atoms with van der Waals surface area (Å²) >= 11 is 0. The maximum atomic E-state index is 11.8. The number of piperidine rings is 1. The van der Waals surface area contributed by atoms with Gasteiger partial charge < -0.3 is 16.0 Å². The van der Waals surface area contributed by atoms with Crippen LogP contribution >= 0.6 is 0 Å². The smallest absolute Gasteiger partial charge is 0.243 e. The highest BCUT2D eigenvalue weighted by Gasteiger charge is 2.22. The maximum absolute atomic E-state index is 11.8. The number of amides is 1. The fourth-order valence-corrected chi connectivity index (χ4v) is 2.31. The summed E-state index contributed by atoms with van der Waals surface area (Å²) in [5, 5.41) is 2.84. The van der Waals surface area contributed by atoms with Crippen LogP contribution in [0.25, 0.3) is 0 Å². The molecule has 1 aromatic rings. The molecule has 1 aliphatic rings. The normalized spacial score (nSPS) is 17.1. The quantitative estimate of drug-likeness (QED) is 0.891. The number of nitrogens with one attached hydrogen (secondary N) is 1. The van der Waals surface area contributed by atoms with Crippen molar-refractivity contribution in [2.45, 2.75) is 39.2 Å². The molecule has 0 spiro atoms. The second kappa shape index (κ2) is 5.83. The van der Waals surface area contributed by atoms with Crippen molar-refractivity contribution in [1.29, 1.82) is 0 Å². The molecule has 0 unspecified atom stereocenters. The minimum absolute atomic E-state index is 0.169. The molecule has 1 saturated heterocycles. The van der Waals surface area contributed by atoms with E-state index in [1.807, 2.05) is 12.1 Å². The molecule has 1 amide bonds. The molecule has 0 aromatic heterocycles. The number of rotatable bonds is 3. The van der Waals surface area contributed by atoms with Crippen molar-refractivity contribution in [3.8, 4) is 0 Å². The fourth-order valence-electron chi connectivity index (χ4n) is 2.31. The average Bonchev–Trinajstić information content (AvgIpc) is 2.39. The van der Waals surface area contributed by atoms with Gasteiger partial charge in [0.15, 0.2) is 0 Å². The molecule has 0 saturated carbocycles. The predicted octanol–water partition coefficient (Wildman–Crippen LogP) is 2.60. The van der Waals surface area contributed by atoms with E-state index in [0.717, 1.165) is 24.7 Å². The molecule has 0 aliphatic carbocycles. The Hall–Kier alpha value is -1.55. The number of nitrogens with zero attached hydrogens (tertiary/aromatic N) is 1. The van der Waals surface area contributed by atoms with Gasteiger partial charge in [-0.05, 0) is 56.9 Å². The van der Waals surface area contributed by atoms with Gasteiger partial charge in [0, 0.05) is 24.5 Å². The van der Waals surface area contributed by atoms with Crippen LogP contribution in [0.2, 0.25) is 0 Å². The Morgan fingerprint density at radius 3 is 2.30 bits per heavy atom. The fraction of sp³-hybridized carbons (Fsp3) is 0.562. The molecule has 1 aliphatic heterocycles. The highest BCUT2D eigenvalue weighted by atomic mass is 16.2. The Morgan fingerprint density at radius 2 is 1.80 bits per heavy atom. The van der Waals surface area contributed by atoms with E-state index >= 15 is 0 Å². The van der Waals surface area contributed by atoms with Crippen LogP contribution < -0.4 is 16.0 Å². The zero-order chi connectivity index (χ0) is 14.8. The van der Waals surface area contributed by atoms with Gasteiger partial charge in [-0.3, -0.25) is 4.79 Å². The van der Waals surface area contributed by atoms with Crippen molar-refractivity contribution in [1.82, 2.24) is 0 Å². The number of hydrogen-bond acceptors (Lipinski definition) is 3. The Kier molecular flexibility index (Phi) is 4.33. The van der Waals surface area contributed by atoms with Crippen LogP contribution in [0.15, 0.2) is 24.3 Å². The van der Waals surface area contributed by atoms with Gasteiger partial charge in [0.25, 0.3) is 0 Å². The molecule has 0 atom stereocenters. The third kappa shape index (κ3) is 3.73. The SMILES string of the molecule is CC1CCN(c2ccc(NC(=O)C(C)(C)N)cc2)CC1.